The van der Waals surface area contributed by atoms with Crippen LogP contribution in [-0.2, 0) is 9.59 Å². The minimum atomic E-state index is -0.00488. The van der Waals surface area contributed by atoms with Gasteiger partial charge < -0.3 is 9.64 Å². The quantitative estimate of drug-likeness (QED) is 0.721. The van der Waals surface area contributed by atoms with E-state index in [2.05, 4.69) is 0 Å². The number of ether oxygens (including phenoxy) is 1. The molecule has 0 spiro atoms. The third-order valence-electron chi connectivity index (χ3n) is 2.67. The molecule has 0 aliphatic carbocycles. The van der Waals surface area contributed by atoms with Gasteiger partial charge in [-0.2, -0.15) is 0 Å². The maximum Gasteiger partial charge on any atom is 0.260 e. The lowest BCUT2D eigenvalue weighted by molar-refractivity contribution is -0.133. The van der Waals surface area contributed by atoms with Crippen LogP contribution in [0.4, 0.5) is 0 Å². The number of benzene rings is 1. The van der Waals surface area contributed by atoms with Crippen molar-refractivity contribution in [2.24, 2.45) is 0 Å². The number of carbonyl (C=O) groups excluding carboxylic acids is 2. The Morgan fingerprint density at radius 1 is 1.16 bits per heavy atom. The third-order valence-corrected chi connectivity index (χ3v) is 2.67. The molecule has 1 rings (SSSR count). The van der Waals surface area contributed by atoms with Gasteiger partial charge in [0.25, 0.3) is 5.91 Å². The summed E-state index contributed by atoms with van der Waals surface area (Å²) in [5.74, 6) is 0.579. The molecule has 0 aliphatic rings. The second-order valence-electron chi connectivity index (χ2n) is 4.30. The van der Waals surface area contributed by atoms with Gasteiger partial charge in [-0.15, -0.1) is 0 Å². The van der Waals surface area contributed by atoms with Crippen LogP contribution >= 0.6 is 0 Å². The number of hydrogen-bond acceptors (Lipinski definition) is 3. The Balaban J connectivity index is 2.49. The van der Waals surface area contributed by atoms with Crippen molar-refractivity contribution >= 4 is 12.2 Å². The van der Waals surface area contributed by atoms with E-state index in [0.717, 1.165) is 25.9 Å². The molecule has 0 unspecified atom stereocenters. The van der Waals surface area contributed by atoms with Crippen LogP contribution in [0.25, 0.3) is 0 Å². The minimum absolute atomic E-state index is 0.00488. The maximum atomic E-state index is 12.0. The molecular weight excluding hydrogens is 242 g/mol. The summed E-state index contributed by atoms with van der Waals surface area (Å²) >= 11 is 0. The molecule has 1 aromatic carbocycles. The normalized spacial score (nSPS) is 10.0. The molecule has 1 aromatic rings. The first-order valence-corrected chi connectivity index (χ1v) is 6.60. The number of amides is 1. The van der Waals surface area contributed by atoms with Crippen LogP contribution in [-0.4, -0.2) is 36.8 Å². The summed E-state index contributed by atoms with van der Waals surface area (Å²) in [7, 11) is 0. The molecule has 0 saturated carbocycles. The second-order valence-corrected chi connectivity index (χ2v) is 4.30. The van der Waals surface area contributed by atoms with Gasteiger partial charge in [0, 0.05) is 18.7 Å². The fourth-order valence-electron chi connectivity index (χ4n) is 1.76. The Kier molecular flexibility index (Phi) is 6.64. The van der Waals surface area contributed by atoms with Crippen LogP contribution in [0, 0.1) is 0 Å². The minimum Gasteiger partial charge on any atom is -0.484 e. The fourth-order valence-corrected chi connectivity index (χ4v) is 1.76. The summed E-state index contributed by atoms with van der Waals surface area (Å²) in [4.78, 5) is 24.2. The van der Waals surface area contributed by atoms with Gasteiger partial charge in [-0.3, -0.25) is 9.59 Å². The molecule has 1 amide bonds. The molecule has 4 nitrogen and oxygen atoms in total. The number of carbonyl (C=O) groups is 1. The number of nitrogens with zero attached hydrogens (tertiary/aromatic N) is 1. The van der Waals surface area contributed by atoms with Crippen molar-refractivity contribution in [3.8, 4) is 5.75 Å². The van der Waals surface area contributed by atoms with Crippen LogP contribution < -0.4 is 4.74 Å². The van der Waals surface area contributed by atoms with E-state index in [-0.39, 0.29) is 12.5 Å². The smallest absolute Gasteiger partial charge is 0.260 e. The number of rotatable bonds is 8. The van der Waals surface area contributed by atoms with E-state index in [1.54, 1.807) is 30.6 Å². The molecular formula is C15H20NO3. The molecule has 4 heteroatoms. The highest BCUT2D eigenvalue weighted by atomic mass is 16.5. The SMILES string of the molecule is CCCN(CCC)C(=O)COc1ccc([C]=O)cc1. The van der Waals surface area contributed by atoms with Crippen molar-refractivity contribution in [3.63, 3.8) is 0 Å². The summed E-state index contributed by atoms with van der Waals surface area (Å²) in [6.07, 6.45) is 3.67. The van der Waals surface area contributed by atoms with E-state index in [1.807, 2.05) is 18.7 Å². The Labute approximate surface area is 114 Å². The Morgan fingerprint density at radius 3 is 2.21 bits per heavy atom. The van der Waals surface area contributed by atoms with E-state index in [0.29, 0.717) is 11.3 Å². The van der Waals surface area contributed by atoms with Gasteiger partial charge in [0.1, 0.15) is 5.75 Å². The molecule has 0 fully saturated rings. The van der Waals surface area contributed by atoms with Crippen molar-refractivity contribution in [3.05, 3.63) is 29.8 Å². The Morgan fingerprint density at radius 2 is 1.74 bits per heavy atom. The van der Waals surface area contributed by atoms with Crippen molar-refractivity contribution in [2.75, 3.05) is 19.7 Å². The molecule has 0 N–H and O–H groups in total. The van der Waals surface area contributed by atoms with Gasteiger partial charge in [-0.05, 0) is 37.1 Å². The lowest BCUT2D eigenvalue weighted by Crippen LogP contribution is -2.36. The standard InChI is InChI=1S/C15H20NO3/c1-3-9-16(10-4-2)15(18)12-19-14-7-5-13(11-17)6-8-14/h5-8H,3-4,9-10,12H2,1-2H3. The Bertz CT molecular complexity index is 394. The highest BCUT2D eigenvalue weighted by molar-refractivity contribution is 5.78. The van der Waals surface area contributed by atoms with Crippen molar-refractivity contribution < 1.29 is 14.3 Å². The van der Waals surface area contributed by atoms with E-state index >= 15 is 0 Å². The monoisotopic (exact) mass is 262 g/mol. The average molecular weight is 262 g/mol. The molecule has 0 aliphatic heterocycles. The van der Waals surface area contributed by atoms with Crippen LogP contribution in [0.5, 0.6) is 5.75 Å². The second kappa shape index (κ2) is 8.29. The van der Waals surface area contributed by atoms with E-state index in [1.165, 1.54) is 0 Å². The van der Waals surface area contributed by atoms with Gasteiger partial charge in [0.05, 0.1) is 0 Å². The summed E-state index contributed by atoms with van der Waals surface area (Å²) in [5.41, 5.74) is 0.470. The summed E-state index contributed by atoms with van der Waals surface area (Å²) in [5, 5.41) is 0. The van der Waals surface area contributed by atoms with Crippen LogP contribution in [0.2, 0.25) is 0 Å². The zero-order valence-corrected chi connectivity index (χ0v) is 11.5. The summed E-state index contributed by atoms with van der Waals surface area (Å²) in [6.45, 7) is 5.64. The first kappa shape index (κ1) is 15.2. The summed E-state index contributed by atoms with van der Waals surface area (Å²) < 4.78 is 5.42. The van der Waals surface area contributed by atoms with Crippen LogP contribution in [0.3, 0.4) is 0 Å². The van der Waals surface area contributed by atoms with E-state index < -0.39 is 0 Å². The van der Waals surface area contributed by atoms with Gasteiger partial charge >= 0.3 is 0 Å². The first-order valence-electron chi connectivity index (χ1n) is 6.60. The Hall–Kier alpha value is -1.84. The van der Waals surface area contributed by atoms with Gasteiger partial charge in [0.15, 0.2) is 6.61 Å². The third kappa shape index (κ3) is 5.12. The van der Waals surface area contributed by atoms with Crippen LogP contribution in [0.15, 0.2) is 24.3 Å². The van der Waals surface area contributed by atoms with E-state index in [9.17, 15) is 9.59 Å². The molecule has 0 bridgehead atoms. The topological polar surface area (TPSA) is 46.6 Å². The highest BCUT2D eigenvalue weighted by Gasteiger charge is 2.12. The predicted molar refractivity (Wildman–Crippen MR) is 73.9 cm³/mol. The zero-order chi connectivity index (χ0) is 14.1. The fraction of sp³-hybridized carbons (Fsp3) is 0.467. The number of hydrogen-bond donors (Lipinski definition) is 0. The van der Waals surface area contributed by atoms with Gasteiger partial charge in [0.2, 0.25) is 6.29 Å². The molecule has 0 saturated heterocycles. The van der Waals surface area contributed by atoms with Gasteiger partial charge in [-0.1, -0.05) is 13.8 Å². The van der Waals surface area contributed by atoms with Crippen LogP contribution in [0.1, 0.15) is 32.3 Å². The average Bonchev–Trinajstić information content (AvgIpc) is 2.45. The first-order chi connectivity index (χ1) is 9.21. The zero-order valence-electron chi connectivity index (χ0n) is 11.5. The molecule has 0 atom stereocenters. The van der Waals surface area contributed by atoms with Crippen molar-refractivity contribution in [2.45, 2.75) is 26.7 Å². The lowest BCUT2D eigenvalue weighted by atomic mass is 10.2. The molecule has 0 aromatic heterocycles. The van der Waals surface area contributed by atoms with Gasteiger partial charge in [-0.25, -0.2) is 0 Å². The summed E-state index contributed by atoms with van der Waals surface area (Å²) in [6, 6.07) is 6.56. The van der Waals surface area contributed by atoms with E-state index in [4.69, 9.17) is 4.74 Å². The lowest BCUT2D eigenvalue weighted by Gasteiger charge is -2.21. The van der Waals surface area contributed by atoms with Crippen molar-refractivity contribution in [1.82, 2.24) is 4.90 Å². The maximum absolute atomic E-state index is 12.0. The largest absolute Gasteiger partial charge is 0.484 e. The van der Waals surface area contributed by atoms with Crippen molar-refractivity contribution in [1.29, 1.82) is 0 Å². The molecule has 0 heterocycles. The predicted octanol–water partition coefficient (Wildman–Crippen LogP) is 2.17. The molecule has 1 radical (unpaired) electrons. The molecule has 103 valence electrons. The highest BCUT2D eigenvalue weighted by Crippen LogP contribution is 2.11. The molecule has 19 heavy (non-hydrogen) atoms.